The molecule has 1 rings (SSSR count). The normalized spacial score (nSPS) is 13.2. The molecule has 0 fully saturated rings. The number of sulfonamides is 1. The van der Waals surface area contributed by atoms with E-state index in [9.17, 15) is 13.2 Å². The number of methoxy groups -OCH3 is 1. The molecule has 8 heteroatoms. The van der Waals surface area contributed by atoms with Gasteiger partial charge in [0.05, 0.1) is 17.4 Å². The molecule has 0 saturated carbocycles. The quantitative estimate of drug-likeness (QED) is 0.764. The summed E-state index contributed by atoms with van der Waals surface area (Å²) in [5, 5.41) is 8.68. The lowest BCUT2D eigenvalue weighted by molar-refractivity contribution is -0.139. The van der Waals surface area contributed by atoms with Crippen LogP contribution in [0.4, 0.5) is 0 Å². The van der Waals surface area contributed by atoms with Crippen molar-refractivity contribution in [3.63, 3.8) is 0 Å². The zero-order valence-electron chi connectivity index (χ0n) is 11.1. The summed E-state index contributed by atoms with van der Waals surface area (Å²) >= 11 is 3.22. The van der Waals surface area contributed by atoms with E-state index in [2.05, 4.69) is 20.7 Å². The van der Waals surface area contributed by atoms with E-state index in [0.717, 1.165) is 0 Å². The number of halogens is 1. The minimum atomic E-state index is -3.71. The molecule has 0 aliphatic carbocycles. The fourth-order valence-corrected chi connectivity index (χ4v) is 3.42. The Labute approximate surface area is 126 Å². The van der Waals surface area contributed by atoms with Gasteiger partial charge in [-0.3, -0.25) is 4.79 Å². The van der Waals surface area contributed by atoms with E-state index in [1.165, 1.54) is 13.2 Å². The van der Waals surface area contributed by atoms with Crippen molar-refractivity contribution in [1.29, 1.82) is 0 Å². The molecule has 0 aliphatic heterocycles. The van der Waals surface area contributed by atoms with Crippen LogP contribution in [0, 0.1) is 6.92 Å². The predicted octanol–water partition coefficient (Wildman–Crippen LogP) is 1.53. The number of ether oxygens (including phenoxy) is 1. The van der Waals surface area contributed by atoms with Crippen molar-refractivity contribution in [2.24, 2.45) is 0 Å². The predicted molar refractivity (Wildman–Crippen MR) is 77.1 cm³/mol. The molecule has 0 bridgehead atoms. The largest absolute Gasteiger partial charge is 0.481 e. The van der Waals surface area contributed by atoms with Crippen LogP contribution in [0.15, 0.2) is 27.6 Å². The first-order valence-electron chi connectivity index (χ1n) is 5.76. The third-order valence-corrected chi connectivity index (χ3v) is 4.74. The van der Waals surface area contributed by atoms with E-state index >= 15 is 0 Å². The average molecular weight is 366 g/mol. The van der Waals surface area contributed by atoms with Crippen LogP contribution in [0.2, 0.25) is 0 Å². The van der Waals surface area contributed by atoms with Crippen LogP contribution < -0.4 is 4.72 Å². The Hall–Kier alpha value is -0.960. The molecule has 112 valence electrons. The molecule has 0 radical (unpaired) electrons. The fourth-order valence-electron chi connectivity index (χ4n) is 1.58. The van der Waals surface area contributed by atoms with Crippen LogP contribution >= 0.6 is 15.9 Å². The highest BCUT2D eigenvalue weighted by atomic mass is 79.9. The Bertz CT molecular complexity index is 588. The van der Waals surface area contributed by atoms with Gasteiger partial charge in [-0.1, -0.05) is 22.0 Å². The lowest BCUT2D eigenvalue weighted by atomic mass is 10.2. The summed E-state index contributed by atoms with van der Waals surface area (Å²) in [6, 6.07) is 4.93. The van der Waals surface area contributed by atoms with E-state index < -0.39 is 22.1 Å². The Kier molecular flexibility index (Phi) is 6.12. The van der Waals surface area contributed by atoms with Crippen molar-refractivity contribution in [2.45, 2.75) is 24.3 Å². The van der Waals surface area contributed by atoms with Gasteiger partial charge in [0, 0.05) is 18.1 Å². The third-order valence-electron chi connectivity index (χ3n) is 2.68. The van der Waals surface area contributed by atoms with E-state index in [0.29, 0.717) is 10.0 Å². The minimum absolute atomic E-state index is 0.100. The van der Waals surface area contributed by atoms with Gasteiger partial charge in [-0.15, -0.1) is 0 Å². The molecule has 20 heavy (non-hydrogen) atoms. The minimum Gasteiger partial charge on any atom is -0.481 e. The molecular formula is C12H16BrNO5S. The molecule has 2 N–H and O–H groups in total. The molecule has 0 heterocycles. The van der Waals surface area contributed by atoms with Crippen molar-refractivity contribution in [1.82, 2.24) is 4.72 Å². The first-order chi connectivity index (χ1) is 9.26. The van der Waals surface area contributed by atoms with Gasteiger partial charge in [0.2, 0.25) is 10.0 Å². The molecule has 1 aromatic rings. The Morgan fingerprint density at radius 1 is 1.50 bits per heavy atom. The lowest BCUT2D eigenvalue weighted by Gasteiger charge is -2.15. The Morgan fingerprint density at radius 3 is 2.70 bits per heavy atom. The standard InChI is InChI=1S/C12H16BrNO5S/c1-8-3-4-9(13)5-11(8)20(17,18)14-7-10(19-2)6-12(15)16/h3-5,10,14H,6-7H2,1-2H3,(H,15,16). The molecule has 0 aromatic heterocycles. The van der Waals surface area contributed by atoms with E-state index in [4.69, 9.17) is 9.84 Å². The molecule has 6 nitrogen and oxygen atoms in total. The highest BCUT2D eigenvalue weighted by Gasteiger charge is 2.20. The van der Waals surface area contributed by atoms with Gasteiger partial charge in [-0.25, -0.2) is 13.1 Å². The lowest BCUT2D eigenvalue weighted by Crippen LogP contribution is -2.34. The molecule has 1 atom stereocenters. The van der Waals surface area contributed by atoms with E-state index in [-0.39, 0.29) is 17.9 Å². The number of aliphatic carboxylic acids is 1. The molecule has 1 unspecified atom stereocenters. The molecule has 0 amide bonds. The summed E-state index contributed by atoms with van der Waals surface area (Å²) in [5.41, 5.74) is 0.605. The van der Waals surface area contributed by atoms with Crippen LogP contribution in [-0.2, 0) is 19.6 Å². The van der Waals surface area contributed by atoms with Crippen molar-refractivity contribution in [3.8, 4) is 0 Å². The highest BCUT2D eigenvalue weighted by Crippen LogP contribution is 2.20. The SMILES string of the molecule is COC(CNS(=O)(=O)c1cc(Br)ccc1C)CC(=O)O. The number of rotatable bonds is 7. The molecule has 1 aromatic carbocycles. The summed E-state index contributed by atoms with van der Waals surface area (Å²) in [7, 11) is -2.37. The van der Waals surface area contributed by atoms with Crippen molar-refractivity contribution in [2.75, 3.05) is 13.7 Å². The number of hydrogen-bond donors (Lipinski definition) is 2. The third kappa shape index (κ3) is 4.86. The van der Waals surface area contributed by atoms with Crippen molar-refractivity contribution in [3.05, 3.63) is 28.2 Å². The summed E-state index contributed by atoms with van der Waals surface area (Å²) in [6.45, 7) is 1.59. The summed E-state index contributed by atoms with van der Waals surface area (Å²) in [4.78, 5) is 10.7. The van der Waals surface area contributed by atoms with E-state index in [1.54, 1.807) is 19.1 Å². The van der Waals surface area contributed by atoms with Gasteiger partial charge in [0.25, 0.3) is 0 Å². The summed E-state index contributed by atoms with van der Waals surface area (Å²) < 4.78 is 32.3. The van der Waals surface area contributed by atoms with Gasteiger partial charge >= 0.3 is 5.97 Å². The maximum atomic E-state index is 12.2. The number of carbonyl (C=O) groups is 1. The first kappa shape index (κ1) is 17.1. The maximum absolute atomic E-state index is 12.2. The number of carboxylic acid groups (broad SMARTS) is 1. The molecule has 0 spiro atoms. The van der Waals surface area contributed by atoms with Gasteiger partial charge < -0.3 is 9.84 Å². The van der Waals surface area contributed by atoms with Gasteiger partial charge in [0.15, 0.2) is 0 Å². The number of carboxylic acids is 1. The average Bonchev–Trinajstić information content (AvgIpc) is 2.36. The van der Waals surface area contributed by atoms with E-state index in [1.807, 2.05) is 0 Å². The number of nitrogens with one attached hydrogen (secondary N) is 1. The zero-order chi connectivity index (χ0) is 15.3. The Balaban J connectivity index is 2.84. The van der Waals surface area contributed by atoms with Crippen molar-refractivity contribution >= 4 is 31.9 Å². The number of benzene rings is 1. The van der Waals surface area contributed by atoms with Crippen LogP contribution in [0.3, 0.4) is 0 Å². The maximum Gasteiger partial charge on any atom is 0.306 e. The second-order valence-electron chi connectivity index (χ2n) is 4.22. The monoisotopic (exact) mass is 365 g/mol. The summed E-state index contributed by atoms with van der Waals surface area (Å²) in [5.74, 6) is -1.05. The van der Waals surface area contributed by atoms with Crippen LogP contribution in [0.5, 0.6) is 0 Å². The number of hydrogen-bond acceptors (Lipinski definition) is 4. The molecule has 0 saturated heterocycles. The van der Waals surface area contributed by atoms with Crippen LogP contribution in [-0.4, -0.2) is 39.3 Å². The first-order valence-corrected chi connectivity index (χ1v) is 8.04. The van der Waals surface area contributed by atoms with Crippen molar-refractivity contribution < 1.29 is 23.1 Å². The second kappa shape index (κ2) is 7.16. The van der Waals surface area contributed by atoms with Gasteiger partial charge in [-0.2, -0.15) is 0 Å². The second-order valence-corrected chi connectivity index (χ2v) is 6.87. The van der Waals surface area contributed by atoms with Gasteiger partial charge in [0.1, 0.15) is 0 Å². The number of aryl methyl sites for hydroxylation is 1. The summed E-state index contributed by atoms with van der Waals surface area (Å²) in [6.07, 6.45) is -0.981. The Morgan fingerprint density at radius 2 is 2.15 bits per heavy atom. The van der Waals surface area contributed by atoms with Gasteiger partial charge in [-0.05, 0) is 24.6 Å². The topological polar surface area (TPSA) is 92.7 Å². The zero-order valence-corrected chi connectivity index (χ0v) is 13.5. The molecular weight excluding hydrogens is 350 g/mol. The smallest absolute Gasteiger partial charge is 0.306 e. The molecule has 0 aliphatic rings. The fraction of sp³-hybridized carbons (Fsp3) is 0.417. The van der Waals surface area contributed by atoms with Crippen LogP contribution in [0.1, 0.15) is 12.0 Å². The highest BCUT2D eigenvalue weighted by molar-refractivity contribution is 9.10. The van der Waals surface area contributed by atoms with Crippen LogP contribution in [0.25, 0.3) is 0 Å².